The molecule has 0 radical (unpaired) electrons. The van der Waals surface area contributed by atoms with E-state index in [1.807, 2.05) is 0 Å². The third kappa shape index (κ3) is 18.1. The van der Waals surface area contributed by atoms with Gasteiger partial charge in [0.15, 0.2) is 59.0 Å². The molecule has 8 amide bonds. The highest BCUT2D eigenvalue weighted by atomic mass is 32.5. The molecule has 41 heteroatoms. The van der Waals surface area contributed by atoms with E-state index in [0.29, 0.717) is 11.3 Å². The molecule has 4 fully saturated rings. The van der Waals surface area contributed by atoms with Gasteiger partial charge in [-0.25, -0.2) is 53.1 Å². The van der Waals surface area contributed by atoms with Crippen molar-refractivity contribution in [2.75, 3.05) is 76.1 Å². The maximum atomic E-state index is 16.7. The first kappa shape index (κ1) is 71.8. The Morgan fingerprint density at radius 2 is 1.44 bits per heavy atom. The molecule has 0 aliphatic carbocycles. The highest BCUT2D eigenvalue weighted by Crippen LogP contribution is 2.55. The molecule has 5 aromatic rings. The van der Waals surface area contributed by atoms with Gasteiger partial charge >= 0.3 is 31.7 Å². The predicted molar refractivity (Wildman–Crippen MR) is 333 cm³/mol. The minimum Gasteiger partial charge on any atom is -0.447 e. The van der Waals surface area contributed by atoms with Crippen LogP contribution in [0.2, 0.25) is 0 Å². The quantitative estimate of drug-likeness (QED) is 0.0236. The van der Waals surface area contributed by atoms with Crippen molar-refractivity contribution in [1.29, 1.82) is 0 Å². The summed E-state index contributed by atoms with van der Waals surface area (Å²) in [7, 11) is 1.40. The number of anilines is 3. The molecule has 4 aliphatic heterocycles. The number of ketones is 1. The van der Waals surface area contributed by atoms with E-state index in [1.165, 1.54) is 17.9 Å². The van der Waals surface area contributed by atoms with E-state index >= 15 is 8.78 Å². The number of nitrogens with zero attached hydrogens (tertiary/aromatic N) is 10. The fraction of sp³-hybridized carbons (Fsp3) is 0.556. The Bertz CT molecular complexity index is 3750. The minimum atomic E-state index is -4.43. The number of nitrogens with two attached hydrogens (primary N) is 2. The standard InChI is InChI=1S/C54H70F2N16O19P2S2/c1-27(2)39(67-35(74)11-15-83-16-14-70-36(75)18-28(3)49(70)77)32(73)19-30(6-5-12-59-52(58)78)48(76)66-31-9-7-29(8-10-31)20-85-54(80)69(4)13-17-84-53(79)68-45-41-47(63-24-61-45)72(26-65-41)51-38(56)43-34(89-51)22-87-92(81,94)90-42-33(21-86-93(82,95)91-43)88-50(37(42)55)71-25-64-40-44(57)60-23-62-46(40)71/h7-10,23-28,30,33-34,37-39,42-43,50-51H,5-6,11-22H2,1-4H3,(H,66,76)(H,67,74)(H,81,94)(H,82,95)(H2,57,60,62)(H3,58,59,78)(H,61,63,68,79)/t28?,30-,33-,34-,37-,38-,39+,42-,43-,50-,51-,92?,93?/m1/s1. The normalized spacial score (nSPS) is 26.0. The van der Waals surface area contributed by atoms with Gasteiger partial charge in [-0.05, 0) is 60.1 Å². The van der Waals surface area contributed by atoms with Gasteiger partial charge in [-0.2, -0.15) is 0 Å². The summed E-state index contributed by atoms with van der Waals surface area (Å²) in [6.45, 7) is -5.60. The molecule has 4 aliphatic rings. The van der Waals surface area contributed by atoms with Crippen molar-refractivity contribution in [3.05, 3.63) is 55.1 Å². The van der Waals surface area contributed by atoms with Gasteiger partial charge in [-0.15, -0.1) is 0 Å². The molecule has 0 saturated carbocycles. The third-order valence-electron chi connectivity index (χ3n) is 15.5. The van der Waals surface area contributed by atoms with Gasteiger partial charge in [0.1, 0.15) is 55.8 Å². The van der Waals surface area contributed by atoms with Crippen LogP contribution in [-0.2, 0) is 96.0 Å². The number of urea groups is 1. The Balaban J connectivity index is 0.723. The molecule has 3 unspecified atom stereocenters. The van der Waals surface area contributed by atoms with E-state index in [9.17, 15) is 48.1 Å². The predicted octanol–water partition coefficient (Wildman–Crippen LogP) is 2.69. The summed E-state index contributed by atoms with van der Waals surface area (Å²) >= 11 is 10.5. The van der Waals surface area contributed by atoms with E-state index in [-0.39, 0.29) is 136 Å². The molecule has 516 valence electrons. The number of rotatable bonds is 25. The number of Topliss-reactive ketones (excluding diaryl/α,β-unsaturated/α-hetero) is 1. The average Bonchev–Trinajstić information content (AvgIpc) is 1.62. The number of aromatic nitrogens is 8. The van der Waals surface area contributed by atoms with Gasteiger partial charge in [0.2, 0.25) is 23.6 Å². The van der Waals surface area contributed by atoms with Crippen molar-refractivity contribution in [2.24, 2.45) is 23.5 Å². The summed E-state index contributed by atoms with van der Waals surface area (Å²) in [4.78, 5) is 151. The van der Waals surface area contributed by atoms with Gasteiger partial charge < -0.3 is 74.8 Å². The number of alkyl halides is 2. The Kier molecular flexibility index (Phi) is 23.8. The monoisotopic (exact) mass is 1410 g/mol. The fourth-order valence-corrected chi connectivity index (χ4v) is 13.4. The topological polar surface area (TPSA) is 454 Å². The number of hydrogen-bond donors (Lipinski definition) is 8. The van der Waals surface area contributed by atoms with Crippen molar-refractivity contribution in [1.82, 2.24) is 59.5 Å². The Labute approximate surface area is 549 Å². The lowest BCUT2D eigenvalue weighted by molar-refractivity contribution is -0.140. The zero-order chi connectivity index (χ0) is 68.5. The Morgan fingerprint density at radius 1 is 0.832 bits per heavy atom. The van der Waals surface area contributed by atoms with Crippen LogP contribution in [0.4, 0.5) is 40.5 Å². The number of imidazole rings is 2. The Hall–Kier alpha value is -7.52. The van der Waals surface area contributed by atoms with Crippen molar-refractivity contribution in [3.63, 3.8) is 0 Å². The smallest absolute Gasteiger partial charge is 0.412 e. The number of likely N-dealkylation sites (N-methyl/N-ethyl adjacent to an activating group) is 1. The summed E-state index contributed by atoms with van der Waals surface area (Å²) in [6.07, 6.45) is -10.9. The summed E-state index contributed by atoms with van der Waals surface area (Å²) in [5.74, 6) is -3.76. The van der Waals surface area contributed by atoms with Crippen LogP contribution in [0.5, 0.6) is 0 Å². The van der Waals surface area contributed by atoms with Crippen LogP contribution in [0.3, 0.4) is 0 Å². The first-order chi connectivity index (χ1) is 45.2. The average molecular weight is 1410 g/mol. The summed E-state index contributed by atoms with van der Waals surface area (Å²) in [5, 5.41) is 10.4. The number of benzene rings is 1. The largest absolute Gasteiger partial charge is 0.447 e. The number of amides is 8. The number of ether oxygens (including phenoxy) is 5. The molecule has 9 rings (SSSR count). The maximum Gasteiger partial charge on any atom is 0.412 e. The summed E-state index contributed by atoms with van der Waals surface area (Å²) < 4.78 is 86.0. The van der Waals surface area contributed by atoms with E-state index in [0.717, 1.165) is 33.3 Å². The Morgan fingerprint density at radius 3 is 2.04 bits per heavy atom. The molecular formula is C54H70F2N16O19P2S2. The molecule has 4 saturated heterocycles. The van der Waals surface area contributed by atoms with E-state index in [1.54, 1.807) is 45.0 Å². The summed E-state index contributed by atoms with van der Waals surface area (Å²) in [5.41, 5.74) is 12.1. The molecule has 0 bridgehead atoms. The van der Waals surface area contributed by atoms with E-state index in [2.05, 4.69) is 51.2 Å². The van der Waals surface area contributed by atoms with Crippen LogP contribution in [-0.4, -0.2) is 209 Å². The number of likely N-dealkylation sites (tertiary alicyclic amines) is 1. The van der Waals surface area contributed by atoms with Crippen LogP contribution in [0.25, 0.3) is 22.3 Å². The lowest BCUT2D eigenvalue weighted by Gasteiger charge is -2.29. The molecule has 10 N–H and O–H groups in total. The maximum absolute atomic E-state index is 16.7. The number of fused-ring (bicyclic) bond motifs is 4. The van der Waals surface area contributed by atoms with Gasteiger partial charge in [-0.3, -0.25) is 52.4 Å². The zero-order valence-electron chi connectivity index (χ0n) is 51.4. The first-order valence-electron chi connectivity index (χ1n) is 29.7. The SMILES string of the molecule is CC1CC(=O)N(CCOCCC(=O)N[C@H](C(=O)C[C@@H](CCCNC(N)=O)C(=O)Nc2ccc(COC(=O)N(C)CCOC(=O)Nc3ncnc4c3ncn4[C@@H]3O[C@@H]4COP(O)(=S)O[C@H]5[C@@H](F)[C@H](n6cnc7c(N)ncnc76)O[C@@H]5COP(O)(=S)O[C@H]4[C@H]3F)cc2)C(C)C)C1=O. The molecule has 4 aromatic heterocycles. The molecule has 13 atom stereocenters. The summed E-state index contributed by atoms with van der Waals surface area (Å²) in [6, 6.07) is 4.60. The molecule has 8 heterocycles. The number of halogens is 2. The molecule has 0 spiro atoms. The van der Waals surface area contributed by atoms with Crippen molar-refractivity contribution in [2.45, 2.75) is 115 Å². The van der Waals surface area contributed by atoms with Crippen molar-refractivity contribution >= 4 is 124 Å². The van der Waals surface area contributed by atoms with E-state index < -0.39 is 124 Å². The molecular weight excluding hydrogens is 1340 g/mol. The van der Waals surface area contributed by atoms with Gasteiger partial charge in [0.25, 0.3) is 0 Å². The molecule has 35 nitrogen and oxygen atoms in total. The number of carbonyl (C=O) groups excluding carboxylic acids is 8. The number of primary amides is 1. The number of hydrogen-bond acceptors (Lipinski definition) is 26. The van der Waals surface area contributed by atoms with Crippen LogP contribution < -0.4 is 32.7 Å². The second kappa shape index (κ2) is 31.6. The van der Waals surface area contributed by atoms with E-state index in [4.69, 9.17) is 76.9 Å². The van der Waals surface area contributed by atoms with Gasteiger partial charge in [0, 0.05) is 50.4 Å². The molecule has 1 aromatic carbocycles. The number of imide groups is 1. The zero-order valence-corrected chi connectivity index (χ0v) is 54.8. The van der Waals surface area contributed by atoms with Crippen LogP contribution in [0.1, 0.15) is 70.9 Å². The number of nitrogens with one attached hydrogen (secondary N) is 4. The number of nitrogen functional groups attached to an aromatic ring is 1. The number of carbonyl (C=O) groups is 8. The third-order valence-corrected chi connectivity index (χ3v) is 18.6. The second-order valence-corrected chi connectivity index (χ2v) is 28.3. The highest BCUT2D eigenvalue weighted by molar-refractivity contribution is 8.07. The van der Waals surface area contributed by atoms with Crippen LogP contribution in [0.15, 0.2) is 49.6 Å². The van der Waals surface area contributed by atoms with Crippen molar-refractivity contribution < 1.29 is 98.7 Å². The van der Waals surface area contributed by atoms with Gasteiger partial charge in [0.05, 0.1) is 58.2 Å². The van der Waals surface area contributed by atoms with Crippen molar-refractivity contribution in [3.8, 4) is 0 Å². The minimum absolute atomic E-state index is 0.0128. The van der Waals surface area contributed by atoms with Crippen LogP contribution in [0, 0.1) is 17.8 Å². The fourth-order valence-electron chi connectivity index (χ4n) is 10.6. The lowest BCUT2D eigenvalue weighted by atomic mass is 9.89. The van der Waals surface area contributed by atoms with Gasteiger partial charge in [-0.1, -0.05) is 32.9 Å². The second-order valence-electron chi connectivity index (χ2n) is 22.7. The molecule has 95 heavy (non-hydrogen) atoms. The van der Waals surface area contributed by atoms with Crippen LogP contribution >= 0.6 is 13.4 Å². The highest BCUT2D eigenvalue weighted by Gasteiger charge is 2.54. The first-order valence-corrected chi connectivity index (χ1v) is 34.9. The lowest BCUT2D eigenvalue weighted by Crippen LogP contribution is -2.46.